The van der Waals surface area contributed by atoms with Gasteiger partial charge in [0, 0.05) is 20.2 Å². The maximum atomic E-state index is 12.1. The van der Waals surface area contributed by atoms with E-state index in [1.807, 2.05) is 0 Å². The fourth-order valence-electron chi connectivity index (χ4n) is 1.99. The molecule has 12 heteroatoms. The van der Waals surface area contributed by atoms with Crippen LogP contribution in [0.4, 0.5) is 0 Å². The van der Waals surface area contributed by atoms with E-state index in [1.165, 1.54) is 26.2 Å². The van der Waals surface area contributed by atoms with Crippen molar-refractivity contribution in [1.29, 1.82) is 0 Å². The lowest BCUT2D eigenvalue weighted by atomic mass is 10.4. The summed E-state index contributed by atoms with van der Waals surface area (Å²) in [6.07, 6.45) is 0. The van der Waals surface area contributed by atoms with Gasteiger partial charge in [-0.05, 0) is 0 Å². The molecule has 0 saturated heterocycles. The van der Waals surface area contributed by atoms with Crippen LogP contribution < -0.4 is 0 Å². The summed E-state index contributed by atoms with van der Waals surface area (Å²) in [5.74, 6) is -1.38. The lowest BCUT2D eigenvalue weighted by Crippen LogP contribution is -2.43. The van der Waals surface area contributed by atoms with E-state index in [0.29, 0.717) is 13.2 Å². The van der Waals surface area contributed by atoms with E-state index in [4.69, 9.17) is 9.47 Å². The van der Waals surface area contributed by atoms with E-state index in [9.17, 15) is 19.2 Å². The van der Waals surface area contributed by atoms with Crippen LogP contribution in [0.15, 0.2) is 0 Å². The van der Waals surface area contributed by atoms with Crippen molar-refractivity contribution in [3.05, 3.63) is 0 Å². The molecule has 0 radical (unpaired) electrons. The number of ether oxygens (including phenoxy) is 5. The molecule has 0 unspecified atom stereocenters. The summed E-state index contributed by atoms with van der Waals surface area (Å²) in [6, 6.07) is 0. The fourth-order valence-corrected chi connectivity index (χ4v) is 2.60. The van der Waals surface area contributed by atoms with Gasteiger partial charge in [-0.15, -0.1) is 0 Å². The molecule has 0 aromatic carbocycles. The molecule has 0 atom stereocenters. The predicted molar refractivity (Wildman–Crippen MR) is 104 cm³/mol. The SMILES string of the molecule is COCCOCSC(=O)CN(CCN(CC(=O)OC)CC(=O)OC)CC(=O)OC. The van der Waals surface area contributed by atoms with Crippen LogP contribution in [0.5, 0.6) is 0 Å². The third-order valence-electron chi connectivity index (χ3n) is 3.56. The zero-order chi connectivity index (χ0) is 22.1. The molecule has 0 N–H and O–H groups in total. The highest BCUT2D eigenvalue weighted by Crippen LogP contribution is 2.05. The third kappa shape index (κ3) is 14.9. The summed E-state index contributed by atoms with van der Waals surface area (Å²) in [6.45, 7) is 0.859. The first-order valence-corrected chi connectivity index (χ1v) is 9.72. The minimum Gasteiger partial charge on any atom is -0.468 e. The topological polar surface area (TPSA) is 121 Å². The normalized spacial score (nSPS) is 10.8. The van der Waals surface area contributed by atoms with Crippen molar-refractivity contribution in [2.24, 2.45) is 0 Å². The first kappa shape index (κ1) is 27.3. The Morgan fingerprint density at radius 3 is 1.55 bits per heavy atom. The summed E-state index contributed by atoms with van der Waals surface area (Å²) in [5, 5.41) is -0.196. The van der Waals surface area contributed by atoms with E-state index in [-0.39, 0.29) is 50.3 Å². The number of nitrogens with zero attached hydrogens (tertiary/aromatic N) is 2. The average molecular weight is 438 g/mol. The maximum absolute atomic E-state index is 12.1. The largest absolute Gasteiger partial charge is 0.468 e. The van der Waals surface area contributed by atoms with E-state index < -0.39 is 17.9 Å². The van der Waals surface area contributed by atoms with Gasteiger partial charge in [-0.1, -0.05) is 11.8 Å². The highest BCUT2D eigenvalue weighted by Gasteiger charge is 2.20. The summed E-state index contributed by atoms with van der Waals surface area (Å²) >= 11 is 0.980. The first-order valence-electron chi connectivity index (χ1n) is 8.73. The Bertz CT molecular complexity index is 501. The summed E-state index contributed by atoms with van der Waals surface area (Å²) in [7, 11) is 5.29. The van der Waals surface area contributed by atoms with Crippen LogP contribution in [-0.2, 0) is 42.9 Å². The van der Waals surface area contributed by atoms with Gasteiger partial charge in [0.15, 0.2) is 0 Å². The number of thioether (sulfide) groups is 1. The Morgan fingerprint density at radius 1 is 0.690 bits per heavy atom. The highest BCUT2D eigenvalue weighted by molar-refractivity contribution is 8.13. The molecule has 0 aliphatic heterocycles. The van der Waals surface area contributed by atoms with Crippen molar-refractivity contribution in [3.8, 4) is 0 Å². The second kappa shape index (κ2) is 17.2. The van der Waals surface area contributed by atoms with Gasteiger partial charge >= 0.3 is 17.9 Å². The Hall–Kier alpha value is -1.73. The molecule has 29 heavy (non-hydrogen) atoms. The van der Waals surface area contributed by atoms with Crippen molar-refractivity contribution in [2.45, 2.75) is 0 Å². The molecule has 0 rings (SSSR count). The van der Waals surface area contributed by atoms with Crippen LogP contribution in [0.2, 0.25) is 0 Å². The van der Waals surface area contributed by atoms with E-state index in [1.54, 1.807) is 12.0 Å². The molecular formula is C17H30N2O9S. The Labute approximate surface area is 174 Å². The van der Waals surface area contributed by atoms with Gasteiger partial charge < -0.3 is 23.7 Å². The van der Waals surface area contributed by atoms with Crippen LogP contribution in [0.3, 0.4) is 0 Å². The van der Waals surface area contributed by atoms with Crippen molar-refractivity contribution in [1.82, 2.24) is 9.80 Å². The van der Waals surface area contributed by atoms with Crippen LogP contribution in [0.1, 0.15) is 0 Å². The number of hydrogen-bond donors (Lipinski definition) is 0. The molecule has 0 aromatic heterocycles. The molecule has 0 fully saturated rings. The molecule has 11 nitrogen and oxygen atoms in total. The number of carbonyl (C=O) groups excluding carboxylic acids is 4. The average Bonchev–Trinajstić information content (AvgIpc) is 2.71. The molecular weight excluding hydrogens is 408 g/mol. The summed E-state index contributed by atoms with van der Waals surface area (Å²) < 4.78 is 24.0. The van der Waals surface area contributed by atoms with Crippen LogP contribution >= 0.6 is 11.8 Å². The molecule has 0 saturated carbocycles. The van der Waals surface area contributed by atoms with Gasteiger partial charge in [-0.3, -0.25) is 29.0 Å². The minimum atomic E-state index is -0.520. The minimum absolute atomic E-state index is 0.0301. The van der Waals surface area contributed by atoms with Gasteiger partial charge in [0.1, 0.15) is 0 Å². The lowest BCUT2D eigenvalue weighted by molar-refractivity contribution is -0.147. The van der Waals surface area contributed by atoms with Crippen molar-refractivity contribution in [3.63, 3.8) is 0 Å². The number of hydrogen-bond acceptors (Lipinski definition) is 12. The van der Waals surface area contributed by atoms with Crippen molar-refractivity contribution < 1.29 is 42.9 Å². The smallest absolute Gasteiger partial charge is 0.319 e. The Kier molecular flexibility index (Phi) is 16.1. The number of carbonyl (C=O) groups is 4. The van der Waals surface area contributed by atoms with Crippen LogP contribution in [0, 0.1) is 0 Å². The standard InChI is InChI=1S/C17H30N2O9S/c1-24-7-8-28-13-29-17(23)12-19(11-16(22)27-4)6-5-18(9-14(20)25-2)10-15(21)26-3/h5-13H2,1-4H3. The van der Waals surface area contributed by atoms with Gasteiger partial charge in [-0.25, -0.2) is 0 Å². The Morgan fingerprint density at radius 2 is 1.14 bits per heavy atom. The predicted octanol–water partition coefficient (Wildman–Crippen LogP) is -1.01. The number of rotatable bonds is 16. The first-order chi connectivity index (χ1) is 13.9. The summed E-state index contributed by atoms with van der Waals surface area (Å²) in [4.78, 5) is 50.0. The van der Waals surface area contributed by atoms with E-state index >= 15 is 0 Å². The van der Waals surface area contributed by atoms with Gasteiger partial charge in [0.25, 0.3) is 0 Å². The molecule has 0 amide bonds. The maximum Gasteiger partial charge on any atom is 0.319 e. The van der Waals surface area contributed by atoms with Crippen molar-refractivity contribution in [2.75, 3.05) is 86.9 Å². The van der Waals surface area contributed by atoms with Gasteiger partial charge in [0.2, 0.25) is 5.12 Å². The molecule has 0 aromatic rings. The zero-order valence-corrected chi connectivity index (χ0v) is 18.2. The Balaban J connectivity index is 4.73. The third-order valence-corrected chi connectivity index (χ3v) is 4.30. The quantitative estimate of drug-likeness (QED) is 0.127. The van der Waals surface area contributed by atoms with Gasteiger partial charge in [-0.2, -0.15) is 0 Å². The second-order valence-corrected chi connectivity index (χ2v) is 6.66. The van der Waals surface area contributed by atoms with E-state index in [2.05, 4.69) is 14.2 Å². The molecule has 0 aliphatic carbocycles. The van der Waals surface area contributed by atoms with Gasteiger partial charge in [0.05, 0.1) is 66.7 Å². The van der Waals surface area contributed by atoms with Crippen LogP contribution in [0.25, 0.3) is 0 Å². The van der Waals surface area contributed by atoms with Crippen molar-refractivity contribution >= 4 is 34.8 Å². The molecule has 0 spiro atoms. The monoisotopic (exact) mass is 438 g/mol. The second-order valence-electron chi connectivity index (χ2n) is 5.68. The number of esters is 3. The zero-order valence-electron chi connectivity index (χ0n) is 17.3. The molecule has 0 aliphatic rings. The fraction of sp³-hybridized carbons (Fsp3) is 0.765. The number of methoxy groups -OCH3 is 4. The van der Waals surface area contributed by atoms with Crippen LogP contribution in [-0.4, -0.2) is 120 Å². The lowest BCUT2D eigenvalue weighted by Gasteiger charge is -2.25. The molecule has 0 heterocycles. The van der Waals surface area contributed by atoms with E-state index in [0.717, 1.165) is 11.8 Å². The molecule has 0 bridgehead atoms. The summed E-state index contributed by atoms with van der Waals surface area (Å²) in [5.41, 5.74) is 0. The molecule has 168 valence electrons. The highest BCUT2D eigenvalue weighted by atomic mass is 32.2.